The number of para-hydroxylation sites is 1. The summed E-state index contributed by atoms with van der Waals surface area (Å²) in [7, 11) is 1.71. The Morgan fingerprint density at radius 2 is 2.04 bits per heavy atom. The molecule has 1 heterocycles. The van der Waals surface area contributed by atoms with Crippen LogP contribution >= 0.6 is 11.8 Å². The molecule has 0 aliphatic carbocycles. The molecule has 0 bridgehead atoms. The van der Waals surface area contributed by atoms with Gasteiger partial charge in [-0.15, -0.1) is 11.8 Å². The average Bonchev–Trinajstić information content (AvgIpc) is 3.09. The van der Waals surface area contributed by atoms with Crippen LogP contribution in [0.2, 0.25) is 0 Å². The summed E-state index contributed by atoms with van der Waals surface area (Å²) in [5.41, 5.74) is 4.58. The molecule has 3 aromatic rings. The largest absolute Gasteiger partial charge is 0.496 e. The van der Waals surface area contributed by atoms with E-state index in [1.54, 1.807) is 7.11 Å². The van der Waals surface area contributed by atoms with E-state index in [1.807, 2.05) is 30.0 Å². The van der Waals surface area contributed by atoms with Crippen molar-refractivity contribution in [3.05, 3.63) is 48.3 Å². The maximum absolute atomic E-state index is 5.55. The molecule has 1 aromatic heterocycles. The molecule has 0 aliphatic rings. The predicted octanol–water partition coefficient (Wildman–Crippen LogP) is 4.57. The quantitative estimate of drug-likeness (QED) is 0.698. The van der Waals surface area contributed by atoms with Crippen molar-refractivity contribution < 1.29 is 4.74 Å². The molecule has 0 atom stereocenters. The van der Waals surface area contributed by atoms with Gasteiger partial charge in [-0.3, -0.25) is 5.10 Å². The van der Waals surface area contributed by atoms with Crippen molar-refractivity contribution in [2.24, 2.45) is 0 Å². The Balaban J connectivity index is 2.20. The molecule has 0 saturated heterocycles. The van der Waals surface area contributed by atoms with Gasteiger partial charge in [-0.2, -0.15) is 5.10 Å². The first-order valence-corrected chi connectivity index (χ1v) is 8.49. The molecule has 23 heavy (non-hydrogen) atoms. The Labute approximate surface area is 140 Å². The van der Waals surface area contributed by atoms with Crippen molar-refractivity contribution in [1.82, 2.24) is 15.2 Å². The molecule has 118 valence electrons. The third-order valence-corrected chi connectivity index (χ3v) is 4.59. The molecular weight excluding hydrogens is 306 g/mol. The number of aromatic nitrogens is 3. The van der Waals surface area contributed by atoms with Gasteiger partial charge in [-0.25, -0.2) is 4.98 Å². The van der Waals surface area contributed by atoms with Crippen molar-refractivity contribution >= 4 is 11.8 Å². The molecule has 0 aliphatic heterocycles. The summed E-state index contributed by atoms with van der Waals surface area (Å²) >= 11 is 1.82. The van der Waals surface area contributed by atoms with E-state index in [4.69, 9.17) is 4.74 Å². The number of hydrogen-bond acceptors (Lipinski definition) is 4. The molecule has 0 spiro atoms. The lowest BCUT2D eigenvalue weighted by molar-refractivity contribution is 0.416. The van der Waals surface area contributed by atoms with Crippen molar-refractivity contribution in [3.63, 3.8) is 0 Å². The van der Waals surface area contributed by atoms with Crippen molar-refractivity contribution in [3.8, 4) is 28.3 Å². The Morgan fingerprint density at radius 1 is 1.22 bits per heavy atom. The van der Waals surface area contributed by atoms with Gasteiger partial charge in [-0.1, -0.05) is 25.1 Å². The Bertz CT molecular complexity index is 800. The molecule has 0 radical (unpaired) electrons. The summed E-state index contributed by atoms with van der Waals surface area (Å²) in [6.45, 7) is 4.29. The Morgan fingerprint density at radius 3 is 2.74 bits per heavy atom. The van der Waals surface area contributed by atoms with Crippen LogP contribution in [0.4, 0.5) is 0 Å². The second-order valence-electron chi connectivity index (χ2n) is 5.13. The number of aryl methyl sites for hydroxylation is 1. The minimum Gasteiger partial charge on any atom is -0.496 e. The third-order valence-electron chi connectivity index (χ3n) is 3.66. The molecule has 0 amide bonds. The van der Waals surface area contributed by atoms with E-state index in [0.717, 1.165) is 28.5 Å². The number of hydrogen-bond donors (Lipinski definition) is 1. The highest BCUT2D eigenvalue weighted by Crippen LogP contribution is 2.40. The highest BCUT2D eigenvalue weighted by Gasteiger charge is 2.15. The zero-order chi connectivity index (χ0) is 16.2. The highest BCUT2D eigenvalue weighted by atomic mass is 32.2. The number of nitrogens with zero attached hydrogens (tertiary/aromatic N) is 2. The Kier molecular flexibility index (Phi) is 4.67. The molecular formula is C18H19N3OS. The smallest absolute Gasteiger partial charge is 0.155 e. The number of H-pyrrole nitrogens is 1. The lowest BCUT2D eigenvalue weighted by atomic mass is 9.97. The summed E-state index contributed by atoms with van der Waals surface area (Å²) in [4.78, 5) is 5.49. The first kappa shape index (κ1) is 15.6. The number of methoxy groups -OCH3 is 1. The number of rotatable bonds is 5. The number of aromatic amines is 1. The summed E-state index contributed by atoms with van der Waals surface area (Å²) in [5, 5.41) is 6.89. The second-order valence-corrected chi connectivity index (χ2v) is 6.44. The average molecular weight is 325 g/mol. The van der Waals surface area contributed by atoms with E-state index in [0.29, 0.717) is 0 Å². The minimum atomic E-state index is 0.789. The van der Waals surface area contributed by atoms with Gasteiger partial charge in [0, 0.05) is 21.6 Å². The fraction of sp³-hybridized carbons (Fsp3) is 0.222. The topological polar surface area (TPSA) is 50.8 Å². The number of ether oxygens (including phenoxy) is 1. The van der Waals surface area contributed by atoms with Crippen molar-refractivity contribution in [1.29, 1.82) is 0 Å². The highest BCUT2D eigenvalue weighted by molar-refractivity contribution is 7.99. The van der Waals surface area contributed by atoms with Gasteiger partial charge in [0.1, 0.15) is 12.1 Å². The maximum Gasteiger partial charge on any atom is 0.155 e. The number of nitrogens with one attached hydrogen (secondary N) is 1. The molecule has 0 fully saturated rings. The van der Waals surface area contributed by atoms with Gasteiger partial charge < -0.3 is 4.74 Å². The lowest BCUT2D eigenvalue weighted by Gasteiger charge is -2.16. The first-order chi connectivity index (χ1) is 11.2. The zero-order valence-corrected chi connectivity index (χ0v) is 14.3. The van der Waals surface area contributed by atoms with Crippen molar-refractivity contribution in [2.75, 3.05) is 12.9 Å². The van der Waals surface area contributed by atoms with Crippen LogP contribution in [0.15, 0.2) is 47.6 Å². The van der Waals surface area contributed by atoms with Gasteiger partial charge in [0.2, 0.25) is 0 Å². The lowest BCUT2D eigenvalue weighted by Crippen LogP contribution is -1.94. The van der Waals surface area contributed by atoms with Crippen molar-refractivity contribution in [2.45, 2.75) is 18.7 Å². The van der Waals surface area contributed by atoms with Crippen LogP contribution in [0.1, 0.15) is 12.5 Å². The summed E-state index contributed by atoms with van der Waals surface area (Å²) in [6.07, 6.45) is 1.53. The number of benzene rings is 2. The second kappa shape index (κ2) is 6.87. The van der Waals surface area contributed by atoms with Gasteiger partial charge in [0.15, 0.2) is 5.82 Å². The zero-order valence-electron chi connectivity index (χ0n) is 13.5. The van der Waals surface area contributed by atoms with Crippen LogP contribution in [0, 0.1) is 6.92 Å². The third kappa shape index (κ3) is 3.10. The minimum absolute atomic E-state index is 0.789. The molecule has 0 saturated carbocycles. The van der Waals surface area contributed by atoms with Crippen LogP contribution in [0.25, 0.3) is 22.5 Å². The monoisotopic (exact) mass is 325 g/mol. The van der Waals surface area contributed by atoms with E-state index in [1.165, 1.54) is 22.3 Å². The molecule has 5 heteroatoms. The first-order valence-electron chi connectivity index (χ1n) is 7.51. The van der Waals surface area contributed by atoms with Crippen LogP contribution < -0.4 is 4.74 Å². The van der Waals surface area contributed by atoms with Gasteiger partial charge in [0.05, 0.1) is 7.11 Å². The summed E-state index contributed by atoms with van der Waals surface area (Å²) in [6, 6.07) is 12.5. The van der Waals surface area contributed by atoms with Crippen LogP contribution in [-0.2, 0) is 0 Å². The molecule has 1 N–H and O–H groups in total. The molecule has 0 unspecified atom stereocenters. The Hall–Kier alpha value is -2.27. The van der Waals surface area contributed by atoms with Gasteiger partial charge >= 0.3 is 0 Å². The SMILES string of the molecule is CCSc1cc(-c2ncn[nH]2)cc(C)c1-c1ccccc1OC. The van der Waals surface area contributed by atoms with Gasteiger partial charge in [0.25, 0.3) is 0 Å². The van der Waals surface area contributed by atoms with E-state index < -0.39 is 0 Å². The van der Waals surface area contributed by atoms with Crippen LogP contribution in [-0.4, -0.2) is 28.0 Å². The number of thioether (sulfide) groups is 1. The summed E-state index contributed by atoms with van der Waals surface area (Å²) in [5.74, 6) is 2.68. The van der Waals surface area contributed by atoms with Crippen LogP contribution in [0.3, 0.4) is 0 Å². The molecule has 4 nitrogen and oxygen atoms in total. The summed E-state index contributed by atoms with van der Waals surface area (Å²) < 4.78 is 5.55. The van der Waals surface area contributed by atoms with Gasteiger partial charge in [-0.05, 0) is 36.4 Å². The normalized spacial score (nSPS) is 10.7. The van der Waals surface area contributed by atoms with E-state index >= 15 is 0 Å². The van der Waals surface area contributed by atoms with E-state index in [9.17, 15) is 0 Å². The molecule has 2 aromatic carbocycles. The standard InChI is InChI=1S/C18H19N3OS/c1-4-23-16-10-13(18-19-11-20-21-18)9-12(2)17(16)14-7-5-6-8-15(14)22-3/h5-11H,4H2,1-3H3,(H,19,20,21). The van der Waals surface area contributed by atoms with E-state index in [-0.39, 0.29) is 0 Å². The fourth-order valence-electron chi connectivity index (χ4n) is 2.70. The maximum atomic E-state index is 5.55. The predicted molar refractivity (Wildman–Crippen MR) is 94.9 cm³/mol. The van der Waals surface area contributed by atoms with Crippen LogP contribution in [0.5, 0.6) is 5.75 Å². The fourth-order valence-corrected chi connectivity index (χ4v) is 3.64. The van der Waals surface area contributed by atoms with E-state index in [2.05, 4.69) is 47.2 Å². The molecule has 3 rings (SSSR count).